The average molecular weight is 322 g/mol. The van der Waals surface area contributed by atoms with Crippen LogP contribution in [0.25, 0.3) is 0 Å². The molecule has 126 valence electrons. The highest BCUT2D eigenvalue weighted by Crippen LogP contribution is 2.27. The van der Waals surface area contributed by atoms with Crippen LogP contribution in [0.15, 0.2) is 0 Å². The number of alkyl halides is 3. The molecule has 0 saturated heterocycles. The van der Waals surface area contributed by atoms with Crippen molar-refractivity contribution in [3.63, 3.8) is 0 Å². The molecule has 2 unspecified atom stereocenters. The number of anilines is 1. The van der Waals surface area contributed by atoms with E-state index in [1.807, 2.05) is 5.32 Å². The van der Waals surface area contributed by atoms with E-state index in [9.17, 15) is 18.0 Å². The third kappa shape index (κ3) is 5.08. The lowest BCUT2D eigenvalue weighted by molar-refractivity contribution is -0.163. The van der Waals surface area contributed by atoms with Crippen molar-refractivity contribution in [1.29, 1.82) is 0 Å². The first-order chi connectivity index (χ1) is 10.1. The van der Waals surface area contributed by atoms with Gasteiger partial charge in [0.1, 0.15) is 11.9 Å². The van der Waals surface area contributed by atoms with Gasteiger partial charge in [0.15, 0.2) is 0 Å². The molecule has 0 aliphatic carbocycles. The summed E-state index contributed by atoms with van der Waals surface area (Å²) in [5, 5.41) is 10.8. The lowest BCUT2D eigenvalue weighted by atomic mass is 9.99. The van der Waals surface area contributed by atoms with E-state index in [0.29, 0.717) is 18.2 Å². The lowest BCUT2D eigenvalue weighted by Crippen LogP contribution is -2.52. The Kier molecular flexibility index (Phi) is 6.01. The summed E-state index contributed by atoms with van der Waals surface area (Å²) in [7, 11) is 3.49. The predicted molar refractivity (Wildman–Crippen MR) is 75.4 cm³/mol. The minimum absolute atomic E-state index is 0.0439. The van der Waals surface area contributed by atoms with Crippen molar-refractivity contribution in [3.05, 3.63) is 5.82 Å². The number of aromatic amines is 1. The molecule has 0 aromatic carbocycles. The fourth-order valence-electron chi connectivity index (χ4n) is 1.70. The average Bonchev–Trinajstić information content (AvgIpc) is 2.89. The normalized spacial score (nSPS) is 14.3. The maximum absolute atomic E-state index is 12.9. The second-order valence-corrected chi connectivity index (χ2v) is 5.21. The fraction of sp³-hybridized carbons (Fsp3) is 0.750. The zero-order chi connectivity index (χ0) is 16.9. The van der Waals surface area contributed by atoms with Crippen LogP contribution in [-0.4, -0.2) is 47.5 Å². The summed E-state index contributed by atoms with van der Waals surface area (Å²) in [5.74, 6) is 0.0623. The number of carbonyl (C=O) groups is 1. The summed E-state index contributed by atoms with van der Waals surface area (Å²) in [5.41, 5.74) is 0. The van der Waals surface area contributed by atoms with Crippen LogP contribution in [0.4, 0.5) is 23.9 Å². The summed E-state index contributed by atoms with van der Waals surface area (Å²) < 4.78 is 38.7. The molecule has 0 saturated carbocycles. The molecule has 22 heavy (non-hydrogen) atoms. The Morgan fingerprint density at radius 1 is 1.41 bits per heavy atom. The monoisotopic (exact) mass is 322 g/mol. The topological polar surface area (TPSA) is 85.9 Å². The molecule has 0 spiro atoms. The molecular formula is C12H21F3N6O. The molecule has 3 N–H and O–H groups in total. The first-order valence-electron chi connectivity index (χ1n) is 6.84. The Bertz CT molecular complexity index is 487. The smallest absolute Gasteiger partial charge is 0.346 e. The number of nitrogens with zero attached hydrogens (tertiary/aromatic N) is 3. The molecule has 2 atom stereocenters. The number of carbonyl (C=O) groups excluding carboxylic acids is 1. The van der Waals surface area contributed by atoms with E-state index in [0.717, 1.165) is 0 Å². The minimum atomic E-state index is -4.49. The first kappa shape index (κ1) is 18.1. The maximum atomic E-state index is 12.9. The Morgan fingerprint density at radius 2 is 2.05 bits per heavy atom. The number of aromatic nitrogens is 3. The van der Waals surface area contributed by atoms with Gasteiger partial charge in [-0.05, 0) is 5.92 Å². The highest BCUT2D eigenvalue weighted by molar-refractivity contribution is 5.74. The highest BCUT2D eigenvalue weighted by Gasteiger charge is 2.43. The van der Waals surface area contributed by atoms with Crippen LogP contribution in [0.5, 0.6) is 0 Å². The van der Waals surface area contributed by atoms with Crippen molar-refractivity contribution >= 4 is 12.0 Å². The lowest BCUT2D eigenvalue weighted by Gasteiger charge is -2.26. The van der Waals surface area contributed by atoms with E-state index in [2.05, 4.69) is 20.5 Å². The zero-order valence-electron chi connectivity index (χ0n) is 13.0. The van der Waals surface area contributed by atoms with Gasteiger partial charge in [-0.1, -0.05) is 20.3 Å². The van der Waals surface area contributed by atoms with E-state index in [1.165, 1.54) is 6.92 Å². The van der Waals surface area contributed by atoms with Crippen LogP contribution in [0.3, 0.4) is 0 Å². The molecule has 10 heteroatoms. The van der Waals surface area contributed by atoms with E-state index < -0.39 is 24.2 Å². The Morgan fingerprint density at radius 3 is 2.50 bits per heavy atom. The van der Waals surface area contributed by atoms with Gasteiger partial charge in [0.25, 0.3) is 0 Å². The summed E-state index contributed by atoms with van der Waals surface area (Å²) in [6.07, 6.45) is -4.18. The Hall–Kier alpha value is -2.00. The van der Waals surface area contributed by atoms with Crippen LogP contribution in [-0.2, 0) is 6.54 Å². The van der Waals surface area contributed by atoms with Crippen molar-refractivity contribution in [1.82, 2.24) is 25.8 Å². The van der Waals surface area contributed by atoms with Gasteiger partial charge < -0.3 is 15.5 Å². The number of nitrogens with one attached hydrogen (secondary N) is 3. The summed E-state index contributed by atoms with van der Waals surface area (Å²) in [6.45, 7) is 3.04. The molecule has 0 radical (unpaired) electrons. The quantitative estimate of drug-likeness (QED) is 0.743. The molecule has 1 aromatic heterocycles. The third-order valence-electron chi connectivity index (χ3n) is 3.19. The molecule has 1 rings (SSSR count). The van der Waals surface area contributed by atoms with Crippen molar-refractivity contribution in [2.45, 2.75) is 39.0 Å². The van der Waals surface area contributed by atoms with Gasteiger partial charge in [0.05, 0.1) is 6.54 Å². The molecule has 7 nitrogen and oxygen atoms in total. The van der Waals surface area contributed by atoms with Crippen molar-refractivity contribution in [2.24, 2.45) is 5.92 Å². The van der Waals surface area contributed by atoms with Gasteiger partial charge in [0, 0.05) is 14.1 Å². The van der Waals surface area contributed by atoms with E-state index in [4.69, 9.17) is 0 Å². The first-order valence-corrected chi connectivity index (χ1v) is 6.84. The zero-order valence-corrected chi connectivity index (χ0v) is 13.0. The number of urea groups is 1. The van der Waals surface area contributed by atoms with Gasteiger partial charge in [-0.3, -0.25) is 5.10 Å². The van der Waals surface area contributed by atoms with Crippen molar-refractivity contribution in [2.75, 3.05) is 19.0 Å². The summed E-state index contributed by atoms with van der Waals surface area (Å²) in [4.78, 5) is 17.4. The van der Waals surface area contributed by atoms with Gasteiger partial charge in [-0.2, -0.15) is 18.2 Å². The van der Waals surface area contributed by atoms with Gasteiger partial charge >= 0.3 is 12.2 Å². The van der Waals surface area contributed by atoms with Crippen LogP contribution in [0.1, 0.15) is 26.1 Å². The highest BCUT2D eigenvalue weighted by atomic mass is 19.4. The Labute approximate surface area is 126 Å². The van der Waals surface area contributed by atoms with Crippen LogP contribution < -0.4 is 15.5 Å². The largest absolute Gasteiger partial charge is 0.408 e. The van der Waals surface area contributed by atoms with E-state index >= 15 is 0 Å². The number of hydrogen-bond acceptors (Lipinski definition) is 4. The number of rotatable bonds is 6. The number of amides is 2. The number of halogens is 3. The number of hydrogen-bond donors (Lipinski definition) is 3. The van der Waals surface area contributed by atoms with Gasteiger partial charge in [-0.25, -0.2) is 4.79 Å². The van der Waals surface area contributed by atoms with E-state index in [1.54, 1.807) is 25.9 Å². The molecular weight excluding hydrogens is 301 g/mol. The van der Waals surface area contributed by atoms with Crippen LogP contribution in [0.2, 0.25) is 0 Å². The molecule has 0 fully saturated rings. The maximum Gasteiger partial charge on any atom is 0.408 e. The van der Waals surface area contributed by atoms with Crippen molar-refractivity contribution in [3.8, 4) is 0 Å². The second-order valence-electron chi connectivity index (χ2n) is 5.21. The molecule has 0 aliphatic heterocycles. The van der Waals surface area contributed by atoms with Crippen molar-refractivity contribution < 1.29 is 18.0 Å². The summed E-state index contributed by atoms with van der Waals surface area (Å²) >= 11 is 0. The summed E-state index contributed by atoms with van der Waals surface area (Å²) in [6, 6.07) is -2.78. The fourth-order valence-corrected chi connectivity index (χ4v) is 1.70. The standard InChI is InChI=1S/C12H21F3N6O/c1-5-7(2)9(12(13,14)15)18-11(22)16-6-8-17-10(20-19-8)21(3)4/h7,9H,5-6H2,1-4H3,(H2,16,18,22)(H,17,19,20). The van der Waals surface area contributed by atoms with Gasteiger partial charge in [-0.15, -0.1) is 5.10 Å². The van der Waals surface area contributed by atoms with Crippen LogP contribution >= 0.6 is 0 Å². The molecule has 0 aliphatic rings. The molecule has 0 bridgehead atoms. The van der Waals surface area contributed by atoms with E-state index in [-0.39, 0.29) is 6.54 Å². The molecule has 1 aromatic rings. The number of H-pyrrole nitrogens is 1. The van der Waals surface area contributed by atoms with Gasteiger partial charge in [0.2, 0.25) is 5.95 Å². The SMILES string of the molecule is CCC(C)C(NC(=O)NCc1nc(N(C)C)n[nH]1)C(F)(F)F. The third-order valence-corrected chi connectivity index (χ3v) is 3.19. The second kappa shape index (κ2) is 7.32. The molecule has 1 heterocycles. The molecule has 2 amide bonds. The Balaban J connectivity index is 2.56. The van der Waals surface area contributed by atoms with Crippen LogP contribution in [0, 0.1) is 5.92 Å². The minimum Gasteiger partial charge on any atom is -0.346 e. The predicted octanol–water partition coefficient (Wildman–Crippen LogP) is 1.65.